The summed E-state index contributed by atoms with van der Waals surface area (Å²) >= 11 is 0. The van der Waals surface area contributed by atoms with Gasteiger partial charge < -0.3 is 15.5 Å². The minimum atomic E-state index is -0.870. The van der Waals surface area contributed by atoms with E-state index in [1.165, 1.54) is 154 Å². The highest BCUT2D eigenvalue weighted by atomic mass is 16.3. The average molecular weight is 780 g/mol. The van der Waals surface area contributed by atoms with Gasteiger partial charge >= 0.3 is 0 Å². The molecule has 0 aromatic heterocycles. The van der Waals surface area contributed by atoms with Crippen LogP contribution in [0.4, 0.5) is 0 Å². The van der Waals surface area contributed by atoms with E-state index in [0.717, 1.165) is 57.8 Å². The van der Waals surface area contributed by atoms with E-state index in [1.807, 2.05) is 6.08 Å². The van der Waals surface area contributed by atoms with Gasteiger partial charge in [0.2, 0.25) is 5.91 Å². The molecule has 0 aliphatic rings. The van der Waals surface area contributed by atoms with Gasteiger partial charge in [-0.05, 0) is 77.0 Å². The summed E-state index contributed by atoms with van der Waals surface area (Å²) in [6.07, 6.45) is 67.6. The van der Waals surface area contributed by atoms with E-state index in [1.54, 1.807) is 6.08 Å². The third-order valence-corrected chi connectivity index (χ3v) is 10.6. The molecule has 0 saturated carbocycles. The van der Waals surface area contributed by atoms with Gasteiger partial charge in [0.25, 0.3) is 0 Å². The first-order valence-corrected chi connectivity index (χ1v) is 24.2. The molecule has 0 rings (SSSR count). The summed E-state index contributed by atoms with van der Waals surface area (Å²) < 4.78 is 0. The summed E-state index contributed by atoms with van der Waals surface area (Å²) in [6.45, 7) is 4.20. The number of aliphatic hydroxyl groups excluding tert-OH is 2. The van der Waals surface area contributed by atoms with Crippen LogP contribution in [-0.2, 0) is 4.79 Å². The van der Waals surface area contributed by atoms with Gasteiger partial charge in [-0.15, -0.1) is 0 Å². The van der Waals surface area contributed by atoms with Crippen LogP contribution >= 0.6 is 0 Å². The van der Waals surface area contributed by atoms with E-state index in [2.05, 4.69) is 79.9 Å². The molecule has 0 radical (unpaired) electrons. The zero-order chi connectivity index (χ0) is 40.7. The standard InChI is InChI=1S/C52H93NO3/c1-3-5-7-9-11-13-15-16-17-18-19-20-21-22-23-24-25-26-27-28-29-30-31-32-33-34-35-36-38-40-42-44-46-48-52(56)53-50(49-54)51(55)47-45-43-41-39-37-14-12-10-8-6-4-2/h8,10,15-16,18-19,21-22,37,39,45,47,50-51,54-55H,3-7,9,11-14,17,20,23-36,38,40-44,46,48-49H2,1-2H3,(H,53,56)/b10-8+,16-15-,19-18-,22-21-,39-37+,47-45+. The molecule has 0 aliphatic carbocycles. The number of hydrogen-bond acceptors (Lipinski definition) is 3. The lowest BCUT2D eigenvalue weighted by Crippen LogP contribution is -2.45. The number of unbranched alkanes of at least 4 members (excludes halogenated alkanes) is 26. The third kappa shape index (κ3) is 43.0. The largest absolute Gasteiger partial charge is 0.394 e. The number of aliphatic hydroxyl groups is 2. The van der Waals surface area contributed by atoms with Crippen LogP contribution in [0.3, 0.4) is 0 Å². The molecule has 3 N–H and O–H groups in total. The minimum Gasteiger partial charge on any atom is -0.394 e. The van der Waals surface area contributed by atoms with Crippen LogP contribution in [0.15, 0.2) is 72.9 Å². The summed E-state index contributed by atoms with van der Waals surface area (Å²) in [5.74, 6) is -0.0805. The fourth-order valence-corrected chi connectivity index (χ4v) is 6.93. The second-order valence-corrected chi connectivity index (χ2v) is 16.2. The lowest BCUT2D eigenvalue weighted by molar-refractivity contribution is -0.123. The number of amides is 1. The molecule has 0 fully saturated rings. The van der Waals surface area contributed by atoms with Gasteiger partial charge in [0, 0.05) is 6.42 Å². The minimum absolute atomic E-state index is 0.0805. The van der Waals surface area contributed by atoms with Gasteiger partial charge in [0.1, 0.15) is 0 Å². The summed E-state index contributed by atoms with van der Waals surface area (Å²) in [6, 6.07) is -0.645. The highest BCUT2D eigenvalue weighted by Gasteiger charge is 2.17. The lowest BCUT2D eigenvalue weighted by Gasteiger charge is -2.19. The van der Waals surface area contributed by atoms with Gasteiger partial charge in [-0.2, -0.15) is 0 Å². The second-order valence-electron chi connectivity index (χ2n) is 16.2. The number of carbonyl (C=O) groups excluding carboxylic acids is 1. The first-order chi connectivity index (χ1) is 27.7. The molecule has 56 heavy (non-hydrogen) atoms. The molecule has 0 aliphatic heterocycles. The maximum atomic E-state index is 12.4. The Hall–Kier alpha value is -2.17. The van der Waals surface area contributed by atoms with Crippen LogP contribution in [0.2, 0.25) is 0 Å². The van der Waals surface area contributed by atoms with Crippen LogP contribution in [-0.4, -0.2) is 34.9 Å². The highest BCUT2D eigenvalue weighted by Crippen LogP contribution is 2.15. The third-order valence-electron chi connectivity index (χ3n) is 10.6. The zero-order valence-corrected chi connectivity index (χ0v) is 37.1. The van der Waals surface area contributed by atoms with Crippen LogP contribution < -0.4 is 5.32 Å². The number of carbonyl (C=O) groups is 1. The Balaban J connectivity index is 3.48. The summed E-state index contributed by atoms with van der Waals surface area (Å²) in [7, 11) is 0. The molecular weight excluding hydrogens is 687 g/mol. The van der Waals surface area contributed by atoms with Crippen molar-refractivity contribution in [2.24, 2.45) is 0 Å². The molecule has 4 heteroatoms. The smallest absolute Gasteiger partial charge is 0.220 e. The normalized spacial score (nSPS) is 13.6. The second kappa shape index (κ2) is 47.2. The SMILES string of the molecule is CCC/C=C/CC/C=C/CC/C=C/C(O)C(CO)NC(=O)CCCCCCCCCCCCCCCCCCCC/C=C\C/C=C\C/C=C\CCCCCCC. The Kier molecular flexibility index (Phi) is 45.4. The van der Waals surface area contributed by atoms with E-state index in [0.29, 0.717) is 6.42 Å². The van der Waals surface area contributed by atoms with E-state index in [9.17, 15) is 15.0 Å². The number of rotatable bonds is 43. The molecular formula is C52H93NO3. The molecule has 2 atom stereocenters. The number of hydrogen-bond donors (Lipinski definition) is 3. The molecule has 0 spiro atoms. The molecule has 0 heterocycles. The zero-order valence-electron chi connectivity index (χ0n) is 37.1. The van der Waals surface area contributed by atoms with Crippen molar-refractivity contribution in [1.29, 1.82) is 0 Å². The Morgan fingerprint density at radius 2 is 0.786 bits per heavy atom. The van der Waals surface area contributed by atoms with E-state index in [-0.39, 0.29) is 12.5 Å². The molecule has 2 unspecified atom stereocenters. The van der Waals surface area contributed by atoms with Crippen molar-refractivity contribution >= 4 is 5.91 Å². The maximum Gasteiger partial charge on any atom is 0.220 e. The Morgan fingerprint density at radius 1 is 0.429 bits per heavy atom. The summed E-state index contributed by atoms with van der Waals surface area (Å²) in [5, 5.41) is 22.9. The molecule has 0 aromatic rings. The molecule has 1 amide bonds. The van der Waals surface area contributed by atoms with E-state index >= 15 is 0 Å². The molecule has 324 valence electrons. The lowest BCUT2D eigenvalue weighted by atomic mass is 10.0. The highest BCUT2D eigenvalue weighted by molar-refractivity contribution is 5.76. The van der Waals surface area contributed by atoms with Crippen molar-refractivity contribution in [2.75, 3.05) is 6.61 Å². The van der Waals surface area contributed by atoms with E-state index < -0.39 is 12.1 Å². The number of nitrogens with one attached hydrogen (secondary N) is 1. The van der Waals surface area contributed by atoms with Crippen molar-refractivity contribution in [3.8, 4) is 0 Å². The monoisotopic (exact) mass is 780 g/mol. The van der Waals surface area contributed by atoms with Gasteiger partial charge in [-0.25, -0.2) is 0 Å². The summed E-state index contributed by atoms with van der Waals surface area (Å²) in [5.41, 5.74) is 0. The molecule has 0 bridgehead atoms. The van der Waals surface area contributed by atoms with Crippen LogP contribution in [0, 0.1) is 0 Å². The molecule has 4 nitrogen and oxygen atoms in total. The maximum absolute atomic E-state index is 12.4. The van der Waals surface area contributed by atoms with Crippen molar-refractivity contribution in [1.82, 2.24) is 5.32 Å². The molecule has 0 aromatic carbocycles. The fraction of sp³-hybridized carbons (Fsp3) is 0.750. The Labute approximate surface area is 349 Å². The van der Waals surface area contributed by atoms with Gasteiger partial charge in [0.05, 0.1) is 18.8 Å². The van der Waals surface area contributed by atoms with Crippen molar-refractivity contribution < 1.29 is 15.0 Å². The van der Waals surface area contributed by atoms with Gasteiger partial charge in [0.15, 0.2) is 0 Å². The first-order valence-electron chi connectivity index (χ1n) is 24.2. The predicted molar refractivity (Wildman–Crippen MR) is 248 cm³/mol. The van der Waals surface area contributed by atoms with Gasteiger partial charge in [-0.3, -0.25) is 4.79 Å². The number of allylic oxidation sites excluding steroid dienone is 11. The van der Waals surface area contributed by atoms with Crippen molar-refractivity contribution in [3.63, 3.8) is 0 Å². The van der Waals surface area contributed by atoms with Crippen LogP contribution in [0.5, 0.6) is 0 Å². The van der Waals surface area contributed by atoms with Gasteiger partial charge in [-0.1, -0.05) is 222 Å². The summed E-state index contributed by atoms with van der Waals surface area (Å²) in [4.78, 5) is 12.4. The topological polar surface area (TPSA) is 69.6 Å². The van der Waals surface area contributed by atoms with E-state index in [4.69, 9.17) is 0 Å². The molecule has 0 saturated heterocycles. The van der Waals surface area contributed by atoms with Crippen LogP contribution in [0.1, 0.15) is 232 Å². The average Bonchev–Trinajstić information content (AvgIpc) is 3.20. The Bertz CT molecular complexity index is 977. The predicted octanol–water partition coefficient (Wildman–Crippen LogP) is 15.5. The first kappa shape index (κ1) is 53.8. The van der Waals surface area contributed by atoms with Crippen molar-refractivity contribution in [3.05, 3.63) is 72.9 Å². The van der Waals surface area contributed by atoms with Crippen LogP contribution in [0.25, 0.3) is 0 Å². The Morgan fingerprint density at radius 3 is 1.21 bits per heavy atom. The van der Waals surface area contributed by atoms with Crippen molar-refractivity contribution in [2.45, 2.75) is 244 Å². The fourth-order valence-electron chi connectivity index (χ4n) is 6.93. The quantitative estimate of drug-likeness (QED) is 0.0426.